The highest BCUT2D eigenvalue weighted by Gasteiger charge is 2.26. The van der Waals surface area contributed by atoms with Crippen LogP contribution >= 0.6 is 11.3 Å². The lowest BCUT2D eigenvalue weighted by atomic mass is 10.2. The van der Waals surface area contributed by atoms with E-state index >= 15 is 0 Å². The Morgan fingerprint density at radius 2 is 1.86 bits per heavy atom. The molecule has 5 nitrogen and oxygen atoms in total. The fourth-order valence-electron chi connectivity index (χ4n) is 3.57. The van der Waals surface area contributed by atoms with Crippen molar-refractivity contribution in [3.05, 3.63) is 72.9 Å². The summed E-state index contributed by atoms with van der Waals surface area (Å²) >= 11 is 1.18. The molecule has 0 atom stereocenters. The second-order valence-corrected chi connectivity index (χ2v) is 7.95. The average molecular weight is 386 g/mol. The molecule has 0 N–H and O–H groups in total. The zero-order chi connectivity index (χ0) is 19.8. The van der Waals surface area contributed by atoms with E-state index in [1.165, 1.54) is 34.4 Å². The molecule has 1 aromatic carbocycles. The number of thiazole rings is 1. The second-order valence-electron chi connectivity index (χ2n) is 6.92. The maximum absolute atomic E-state index is 13.2. The minimum absolute atomic E-state index is 0.0611. The van der Waals surface area contributed by atoms with Gasteiger partial charge < -0.3 is 4.57 Å². The van der Waals surface area contributed by atoms with Crippen LogP contribution in [0.2, 0.25) is 0 Å². The van der Waals surface area contributed by atoms with Crippen molar-refractivity contribution < 1.29 is 0 Å². The summed E-state index contributed by atoms with van der Waals surface area (Å²) in [4.78, 5) is 13.2. The minimum atomic E-state index is -0.217. The third-order valence-corrected chi connectivity index (χ3v) is 6.09. The van der Waals surface area contributed by atoms with Crippen LogP contribution in [0.4, 0.5) is 0 Å². The number of aromatic nitrogens is 2. The van der Waals surface area contributed by atoms with Crippen LogP contribution in [0, 0.1) is 36.5 Å². The zero-order valence-corrected chi connectivity index (χ0v) is 16.5. The van der Waals surface area contributed by atoms with E-state index < -0.39 is 0 Å². The highest BCUT2D eigenvalue weighted by atomic mass is 32.1. The predicted octanol–water partition coefficient (Wildman–Crippen LogP) is 2.68. The van der Waals surface area contributed by atoms with Crippen molar-refractivity contribution in [2.24, 2.45) is 0 Å². The number of aryl methyl sites for hydroxylation is 1. The summed E-state index contributed by atoms with van der Waals surface area (Å²) in [6.45, 7) is 4.16. The first kappa shape index (κ1) is 18.0. The average Bonchev–Trinajstić information content (AvgIpc) is 3.42. The molecule has 6 heteroatoms. The van der Waals surface area contributed by atoms with Crippen molar-refractivity contribution >= 4 is 23.0 Å². The first-order valence-corrected chi connectivity index (χ1v) is 9.88. The van der Waals surface area contributed by atoms with E-state index in [0.29, 0.717) is 20.9 Å². The molecule has 28 heavy (non-hydrogen) atoms. The maximum atomic E-state index is 13.2. The summed E-state index contributed by atoms with van der Waals surface area (Å²) in [6, 6.07) is 15.6. The zero-order valence-electron chi connectivity index (χ0n) is 15.6. The third kappa shape index (κ3) is 2.98. The SMILES string of the molecule is Cc1cc(/C=c2\sc(=C(C#N)C#N)n(-c3ccccc3)c2=O)c(C)n1C1CC1. The highest BCUT2D eigenvalue weighted by Crippen LogP contribution is 2.38. The van der Waals surface area contributed by atoms with Crippen molar-refractivity contribution in [1.29, 1.82) is 10.5 Å². The van der Waals surface area contributed by atoms with E-state index in [2.05, 4.69) is 24.5 Å². The lowest BCUT2D eigenvalue weighted by Gasteiger charge is -2.06. The van der Waals surface area contributed by atoms with Crippen molar-refractivity contribution in [2.75, 3.05) is 0 Å². The molecule has 138 valence electrons. The van der Waals surface area contributed by atoms with Crippen molar-refractivity contribution in [3.63, 3.8) is 0 Å². The number of nitrogens with zero attached hydrogens (tertiary/aromatic N) is 4. The molecule has 1 fully saturated rings. The third-order valence-electron chi connectivity index (χ3n) is 5.00. The summed E-state index contributed by atoms with van der Waals surface area (Å²) in [5.41, 5.74) is 3.70. The quantitative estimate of drug-likeness (QED) is 0.695. The molecule has 0 amide bonds. The highest BCUT2D eigenvalue weighted by molar-refractivity contribution is 7.07. The predicted molar refractivity (Wildman–Crippen MR) is 110 cm³/mol. The summed E-state index contributed by atoms with van der Waals surface area (Å²) < 4.78 is 4.66. The molecule has 3 aromatic rings. The van der Waals surface area contributed by atoms with E-state index in [0.717, 1.165) is 11.3 Å². The number of rotatable bonds is 3. The van der Waals surface area contributed by atoms with Crippen LogP contribution in [0.15, 0.2) is 41.2 Å². The van der Waals surface area contributed by atoms with Gasteiger partial charge in [0.2, 0.25) is 0 Å². The van der Waals surface area contributed by atoms with Gasteiger partial charge in [0.15, 0.2) is 5.57 Å². The fraction of sp³-hybridized carbons (Fsp3) is 0.227. The Labute approximate surface area is 166 Å². The molecule has 0 aliphatic heterocycles. The molecule has 0 bridgehead atoms. The van der Waals surface area contributed by atoms with Gasteiger partial charge >= 0.3 is 0 Å². The topological polar surface area (TPSA) is 74.5 Å². The number of hydrogen-bond donors (Lipinski definition) is 0. The Hall–Kier alpha value is -3.35. The van der Waals surface area contributed by atoms with Crippen molar-refractivity contribution in [3.8, 4) is 17.8 Å². The molecule has 1 saturated carbocycles. The van der Waals surface area contributed by atoms with Crippen LogP contribution in [0.5, 0.6) is 0 Å². The molecule has 1 aliphatic carbocycles. The van der Waals surface area contributed by atoms with Crippen LogP contribution in [-0.4, -0.2) is 9.13 Å². The van der Waals surface area contributed by atoms with E-state index in [1.807, 2.05) is 36.4 Å². The van der Waals surface area contributed by atoms with Crippen molar-refractivity contribution in [2.45, 2.75) is 32.7 Å². The van der Waals surface area contributed by atoms with Gasteiger partial charge in [-0.1, -0.05) is 18.2 Å². The number of nitriles is 2. The lowest BCUT2D eigenvalue weighted by Crippen LogP contribution is -2.30. The van der Waals surface area contributed by atoms with E-state index in [1.54, 1.807) is 12.1 Å². The first-order chi connectivity index (χ1) is 13.5. The van der Waals surface area contributed by atoms with E-state index in [-0.39, 0.29) is 11.1 Å². The fourth-order valence-corrected chi connectivity index (χ4v) is 4.61. The maximum Gasteiger partial charge on any atom is 0.273 e. The standard InChI is InChI=1S/C22H18N4OS/c1-14-10-16(15(2)25(14)19-8-9-19)11-20-21(27)26(18-6-4-3-5-7-18)22(28-20)17(12-23)13-24/h3-7,10-11,19H,8-9H2,1-2H3/b20-11-. The molecule has 1 aliphatic rings. The smallest absolute Gasteiger partial charge is 0.273 e. The Kier molecular flexibility index (Phi) is 4.50. The van der Waals surface area contributed by atoms with Gasteiger partial charge in [0, 0.05) is 17.4 Å². The van der Waals surface area contributed by atoms with Crippen LogP contribution < -0.4 is 14.8 Å². The molecule has 0 saturated heterocycles. The van der Waals surface area contributed by atoms with Gasteiger partial charge in [-0.05, 0) is 56.5 Å². The molecule has 0 spiro atoms. The van der Waals surface area contributed by atoms with Gasteiger partial charge in [-0.3, -0.25) is 9.36 Å². The number of benzene rings is 1. The van der Waals surface area contributed by atoms with E-state index in [9.17, 15) is 15.3 Å². The largest absolute Gasteiger partial charge is 0.346 e. The van der Waals surface area contributed by atoms with Gasteiger partial charge in [-0.25, -0.2) is 0 Å². The monoisotopic (exact) mass is 386 g/mol. The summed E-state index contributed by atoms with van der Waals surface area (Å²) in [5, 5.41) is 18.7. The normalized spacial score (nSPS) is 13.9. The Bertz CT molecular complexity index is 1310. The molecule has 0 radical (unpaired) electrons. The molecular weight excluding hydrogens is 368 g/mol. The molecule has 4 rings (SSSR count). The second kappa shape index (κ2) is 6.99. The Morgan fingerprint density at radius 1 is 1.18 bits per heavy atom. The lowest BCUT2D eigenvalue weighted by molar-refractivity contribution is 0.699. The van der Waals surface area contributed by atoms with Crippen LogP contribution in [0.25, 0.3) is 17.3 Å². The molecule has 2 aromatic heterocycles. The van der Waals surface area contributed by atoms with Crippen LogP contribution in [-0.2, 0) is 0 Å². The van der Waals surface area contributed by atoms with Crippen molar-refractivity contribution in [1.82, 2.24) is 9.13 Å². The molecular formula is C22H18N4OS. The van der Waals surface area contributed by atoms with E-state index in [4.69, 9.17) is 0 Å². The Morgan fingerprint density at radius 3 is 2.46 bits per heavy atom. The molecule has 0 unspecified atom stereocenters. The van der Waals surface area contributed by atoms with Gasteiger partial charge in [0.05, 0.1) is 10.2 Å². The minimum Gasteiger partial charge on any atom is -0.346 e. The van der Waals surface area contributed by atoms with Crippen LogP contribution in [0.3, 0.4) is 0 Å². The Balaban J connectivity index is 2.01. The first-order valence-electron chi connectivity index (χ1n) is 9.07. The van der Waals surface area contributed by atoms with Gasteiger partial charge in [0.1, 0.15) is 16.8 Å². The van der Waals surface area contributed by atoms with Crippen LogP contribution in [0.1, 0.15) is 35.8 Å². The van der Waals surface area contributed by atoms with Gasteiger partial charge in [-0.2, -0.15) is 10.5 Å². The van der Waals surface area contributed by atoms with Gasteiger partial charge in [0.25, 0.3) is 5.56 Å². The molecule has 2 heterocycles. The van der Waals surface area contributed by atoms with Gasteiger partial charge in [-0.15, -0.1) is 11.3 Å². The number of hydrogen-bond acceptors (Lipinski definition) is 4. The summed E-state index contributed by atoms with van der Waals surface area (Å²) in [5.74, 6) is 0. The number of para-hydroxylation sites is 1. The summed E-state index contributed by atoms with van der Waals surface area (Å²) in [6.07, 6.45) is 4.27. The summed E-state index contributed by atoms with van der Waals surface area (Å²) in [7, 11) is 0.